The van der Waals surface area contributed by atoms with E-state index < -0.39 is 35.8 Å². The van der Waals surface area contributed by atoms with E-state index in [1.165, 1.54) is 0 Å². The molecule has 0 aliphatic carbocycles. The first-order chi connectivity index (χ1) is 26.5. The number of hydrogen-bond acceptors (Lipinski definition) is 9. The highest BCUT2D eigenvalue weighted by Crippen LogP contribution is 2.31. The minimum atomic E-state index is -1.15. The Hall–Kier alpha value is -6.29. The number of alkyl carbamates (subject to hydrolysis) is 1. The molecule has 10 nitrogen and oxygen atoms in total. The van der Waals surface area contributed by atoms with Crippen LogP contribution in [0.3, 0.4) is 0 Å². The van der Waals surface area contributed by atoms with Gasteiger partial charge in [-0.05, 0) is 74.2 Å². The molecule has 5 rings (SSSR count). The lowest BCUT2D eigenvalue weighted by molar-refractivity contribution is -0.149. The van der Waals surface area contributed by atoms with E-state index in [1.54, 1.807) is 70.2 Å². The molecule has 0 saturated carbocycles. The number of rotatable bonds is 17. The molecular weight excluding hydrogens is 698 g/mol. The number of carbonyl (C=O) groups excluding carboxylic acids is 3. The van der Waals surface area contributed by atoms with E-state index in [-0.39, 0.29) is 31.8 Å². The van der Waals surface area contributed by atoms with Crippen LogP contribution in [0.5, 0.6) is 17.2 Å². The van der Waals surface area contributed by atoms with Gasteiger partial charge in [0, 0.05) is 6.42 Å². The third-order valence-electron chi connectivity index (χ3n) is 8.01. The van der Waals surface area contributed by atoms with Gasteiger partial charge in [0.1, 0.15) is 55.5 Å². The largest absolute Gasteiger partial charge is 0.488 e. The van der Waals surface area contributed by atoms with Crippen LogP contribution in [0.15, 0.2) is 133 Å². The summed E-state index contributed by atoms with van der Waals surface area (Å²) in [4.78, 5) is 39.7. The van der Waals surface area contributed by atoms with E-state index in [0.717, 1.165) is 16.7 Å². The molecule has 10 heteroatoms. The third kappa shape index (κ3) is 13.3. The minimum Gasteiger partial charge on any atom is -0.488 e. The number of carbonyl (C=O) groups is 3. The maximum atomic E-state index is 13.6. The fourth-order valence-corrected chi connectivity index (χ4v) is 5.34. The Labute approximate surface area is 322 Å². The van der Waals surface area contributed by atoms with Crippen LogP contribution in [0, 0.1) is 0 Å². The molecule has 0 spiro atoms. The number of amides is 1. The van der Waals surface area contributed by atoms with Crippen LogP contribution in [-0.2, 0) is 45.2 Å². The molecule has 0 aliphatic heterocycles. The zero-order valence-electron chi connectivity index (χ0n) is 31.6. The van der Waals surface area contributed by atoms with E-state index in [2.05, 4.69) is 5.32 Å². The average Bonchev–Trinajstić information content (AvgIpc) is 3.18. The molecule has 0 bridgehead atoms. The van der Waals surface area contributed by atoms with Gasteiger partial charge in [-0.1, -0.05) is 109 Å². The van der Waals surface area contributed by atoms with Gasteiger partial charge < -0.3 is 33.7 Å². The quantitative estimate of drug-likeness (QED) is 0.0737. The highest BCUT2D eigenvalue weighted by Gasteiger charge is 2.28. The van der Waals surface area contributed by atoms with Crippen LogP contribution in [0.2, 0.25) is 0 Å². The number of benzene rings is 5. The lowest BCUT2D eigenvalue weighted by Gasteiger charge is -2.24. The Morgan fingerprint density at radius 2 is 1.11 bits per heavy atom. The molecule has 0 heterocycles. The zero-order valence-corrected chi connectivity index (χ0v) is 31.6. The second-order valence-corrected chi connectivity index (χ2v) is 13.8. The molecule has 0 unspecified atom stereocenters. The summed E-state index contributed by atoms with van der Waals surface area (Å²) in [6.45, 7) is 7.41. The fraction of sp³-hybridized carbons (Fsp3) is 0.267. The summed E-state index contributed by atoms with van der Waals surface area (Å²) in [5.74, 6) is -0.0174. The van der Waals surface area contributed by atoms with Crippen molar-refractivity contribution in [1.82, 2.24) is 5.32 Å². The molecular formula is C45H47NO9. The second kappa shape index (κ2) is 19.7. The molecule has 0 aromatic heterocycles. The van der Waals surface area contributed by atoms with Crippen molar-refractivity contribution in [3.63, 3.8) is 0 Å². The summed E-state index contributed by atoms with van der Waals surface area (Å²) in [5.41, 5.74) is 3.00. The maximum Gasteiger partial charge on any atom is 0.408 e. The topological polar surface area (TPSA) is 119 Å². The van der Waals surface area contributed by atoms with E-state index >= 15 is 0 Å². The SMILES string of the molecule is C[C@H](COC(=O)[C@H](Cc1ccc(OCc2ccccc2)c(OCc2ccccc2)c1)NC(=O)OC(C)(C)C)OC(=O)c1ccccc1OCc1ccccc1. The average molecular weight is 746 g/mol. The van der Waals surface area contributed by atoms with Gasteiger partial charge in [0.15, 0.2) is 11.5 Å². The molecule has 5 aromatic carbocycles. The van der Waals surface area contributed by atoms with Gasteiger partial charge in [0.2, 0.25) is 0 Å². The van der Waals surface area contributed by atoms with Gasteiger partial charge in [-0.3, -0.25) is 0 Å². The number of hydrogen-bond donors (Lipinski definition) is 1. The molecule has 0 saturated heterocycles. The van der Waals surface area contributed by atoms with Crippen molar-refractivity contribution in [2.75, 3.05) is 6.61 Å². The summed E-state index contributed by atoms with van der Waals surface area (Å²) in [7, 11) is 0. The summed E-state index contributed by atoms with van der Waals surface area (Å²) >= 11 is 0. The standard InChI is InChI=1S/C45H47NO9/c1-32(54-42(47)37-22-14-15-23-39(37)50-29-33-16-8-5-9-17-33)28-53-43(48)38(46-44(49)55-45(2,3)4)26-36-24-25-40(51-30-34-18-10-6-11-19-34)41(27-36)52-31-35-20-12-7-13-21-35/h5-25,27,32,38H,26,28-31H2,1-4H3,(H,46,49)/t32-,38+/m1/s1. The zero-order chi connectivity index (χ0) is 39.0. The number of para-hydroxylation sites is 1. The highest BCUT2D eigenvalue weighted by atomic mass is 16.6. The number of esters is 2. The van der Waals surface area contributed by atoms with Gasteiger partial charge in [-0.15, -0.1) is 0 Å². The molecule has 0 fully saturated rings. The highest BCUT2D eigenvalue weighted by molar-refractivity contribution is 5.92. The molecule has 0 radical (unpaired) electrons. The Balaban J connectivity index is 1.26. The lowest BCUT2D eigenvalue weighted by Crippen LogP contribution is -2.46. The van der Waals surface area contributed by atoms with Crippen molar-refractivity contribution in [2.24, 2.45) is 0 Å². The van der Waals surface area contributed by atoms with Gasteiger partial charge in [0.05, 0.1) is 0 Å². The van der Waals surface area contributed by atoms with E-state index in [1.807, 2.05) is 91.0 Å². The second-order valence-electron chi connectivity index (χ2n) is 13.8. The summed E-state index contributed by atoms with van der Waals surface area (Å²) in [6, 6.07) is 40.1. The van der Waals surface area contributed by atoms with Crippen molar-refractivity contribution < 1.29 is 42.8 Å². The predicted molar refractivity (Wildman–Crippen MR) is 208 cm³/mol. The van der Waals surface area contributed by atoms with Gasteiger partial charge >= 0.3 is 18.0 Å². The normalized spacial score (nSPS) is 12.1. The van der Waals surface area contributed by atoms with Crippen LogP contribution in [-0.4, -0.2) is 42.4 Å². The number of ether oxygens (including phenoxy) is 6. The molecule has 286 valence electrons. The minimum absolute atomic E-state index is 0.0407. The first-order valence-electron chi connectivity index (χ1n) is 18.1. The molecule has 2 atom stereocenters. The molecule has 55 heavy (non-hydrogen) atoms. The van der Waals surface area contributed by atoms with Crippen molar-refractivity contribution in [2.45, 2.75) is 71.7 Å². The summed E-state index contributed by atoms with van der Waals surface area (Å²) in [6.07, 6.45) is -1.57. The lowest BCUT2D eigenvalue weighted by atomic mass is 10.1. The molecule has 0 aliphatic rings. The van der Waals surface area contributed by atoms with Crippen molar-refractivity contribution in [3.8, 4) is 17.2 Å². The monoisotopic (exact) mass is 745 g/mol. The van der Waals surface area contributed by atoms with Gasteiger partial charge in [-0.25, -0.2) is 14.4 Å². The Bertz CT molecular complexity index is 1980. The molecule has 1 N–H and O–H groups in total. The van der Waals surface area contributed by atoms with Crippen molar-refractivity contribution >= 4 is 18.0 Å². The Morgan fingerprint density at radius 3 is 1.67 bits per heavy atom. The van der Waals surface area contributed by atoms with Crippen LogP contribution in [0.1, 0.15) is 60.3 Å². The summed E-state index contributed by atoms with van der Waals surface area (Å²) < 4.78 is 35.0. The Kier molecular flexibility index (Phi) is 14.3. The van der Waals surface area contributed by atoms with Crippen molar-refractivity contribution in [3.05, 3.63) is 161 Å². The molecule has 1 amide bonds. The van der Waals surface area contributed by atoms with Crippen molar-refractivity contribution in [1.29, 1.82) is 0 Å². The van der Waals surface area contributed by atoms with E-state index in [0.29, 0.717) is 29.4 Å². The predicted octanol–water partition coefficient (Wildman–Crippen LogP) is 8.65. The Morgan fingerprint density at radius 1 is 0.600 bits per heavy atom. The maximum absolute atomic E-state index is 13.6. The van der Waals surface area contributed by atoms with Crippen LogP contribution < -0.4 is 19.5 Å². The first-order valence-corrected chi connectivity index (χ1v) is 18.1. The van der Waals surface area contributed by atoms with Crippen LogP contribution >= 0.6 is 0 Å². The van der Waals surface area contributed by atoms with Gasteiger partial charge in [0.25, 0.3) is 0 Å². The first kappa shape index (κ1) is 39.9. The van der Waals surface area contributed by atoms with Crippen LogP contribution in [0.25, 0.3) is 0 Å². The van der Waals surface area contributed by atoms with Crippen LogP contribution in [0.4, 0.5) is 4.79 Å². The fourth-order valence-electron chi connectivity index (χ4n) is 5.34. The smallest absolute Gasteiger partial charge is 0.408 e. The number of nitrogens with one attached hydrogen (secondary N) is 1. The van der Waals surface area contributed by atoms with Gasteiger partial charge in [-0.2, -0.15) is 0 Å². The van der Waals surface area contributed by atoms with E-state index in [9.17, 15) is 14.4 Å². The summed E-state index contributed by atoms with van der Waals surface area (Å²) in [5, 5.41) is 2.65. The third-order valence-corrected chi connectivity index (χ3v) is 8.01. The molecule has 5 aromatic rings. The van der Waals surface area contributed by atoms with E-state index in [4.69, 9.17) is 28.4 Å².